The van der Waals surface area contributed by atoms with Crippen LogP contribution in [0.1, 0.15) is 33.4 Å². The highest BCUT2D eigenvalue weighted by Gasteiger charge is 2.44. The Hall–Kier alpha value is -1.96. The highest BCUT2D eigenvalue weighted by atomic mass is 32.1. The predicted molar refractivity (Wildman–Crippen MR) is 103 cm³/mol. The lowest BCUT2D eigenvalue weighted by Crippen LogP contribution is -2.37. The Balaban J connectivity index is 1.65. The fourth-order valence-corrected chi connectivity index (χ4v) is 5.18. The summed E-state index contributed by atoms with van der Waals surface area (Å²) in [6, 6.07) is 6.87. The summed E-state index contributed by atoms with van der Waals surface area (Å²) in [5.74, 6) is -1.10. The largest absolute Gasteiger partial charge is 0.503 e. The van der Waals surface area contributed by atoms with E-state index >= 15 is 0 Å². The molecule has 0 bridgehead atoms. The second kappa shape index (κ2) is 7.34. The van der Waals surface area contributed by atoms with E-state index in [1.165, 1.54) is 35.5 Å². The molecule has 0 spiro atoms. The van der Waals surface area contributed by atoms with E-state index in [0.717, 1.165) is 24.5 Å². The smallest absolute Gasteiger partial charge is 0.290 e. The lowest BCUT2D eigenvalue weighted by molar-refractivity contribution is -0.129. The van der Waals surface area contributed by atoms with Crippen LogP contribution in [0.15, 0.2) is 46.4 Å². The maximum absolute atomic E-state index is 13.0. The summed E-state index contributed by atoms with van der Waals surface area (Å²) in [6.07, 6.45) is 2.38. The number of likely N-dealkylation sites (tertiary alicyclic amines) is 1. The Kier molecular flexibility index (Phi) is 4.93. The lowest BCUT2D eigenvalue weighted by Gasteiger charge is -2.27. The SMILES string of the molecule is O=C(C1=C(O)C(=O)N(CCN2CCCC2)C1c1cccs1)c1cccs1. The first kappa shape index (κ1) is 17.5. The molecular formula is C19H20N2O3S2. The minimum atomic E-state index is -0.500. The number of thiophene rings is 2. The molecule has 0 aromatic carbocycles. The van der Waals surface area contributed by atoms with Crippen LogP contribution in [0, 0.1) is 0 Å². The quantitative estimate of drug-likeness (QED) is 0.770. The van der Waals surface area contributed by atoms with Crippen molar-refractivity contribution in [1.82, 2.24) is 9.80 Å². The summed E-state index contributed by atoms with van der Waals surface area (Å²) in [7, 11) is 0. The van der Waals surface area contributed by atoms with Crippen molar-refractivity contribution in [3.63, 3.8) is 0 Å². The van der Waals surface area contributed by atoms with Crippen molar-refractivity contribution >= 4 is 34.4 Å². The van der Waals surface area contributed by atoms with E-state index in [1.54, 1.807) is 17.0 Å². The molecule has 1 amide bonds. The van der Waals surface area contributed by atoms with Gasteiger partial charge >= 0.3 is 0 Å². The molecule has 136 valence electrons. The zero-order valence-corrected chi connectivity index (χ0v) is 15.9. The van der Waals surface area contributed by atoms with Gasteiger partial charge in [-0.1, -0.05) is 12.1 Å². The molecule has 2 aliphatic heterocycles. The molecule has 0 radical (unpaired) electrons. The molecule has 7 heteroatoms. The third kappa shape index (κ3) is 3.11. The van der Waals surface area contributed by atoms with Gasteiger partial charge in [0.15, 0.2) is 5.76 Å². The van der Waals surface area contributed by atoms with E-state index in [4.69, 9.17) is 0 Å². The molecule has 1 fully saturated rings. The third-order valence-electron chi connectivity index (χ3n) is 4.96. The molecule has 4 heterocycles. The van der Waals surface area contributed by atoms with Gasteiger partial charge < -0.3 is 14.9 Å². The van der Waals surface area contributed by atoms with E-state index < -0.39 is 17.7 Å². The number of amides is 1. The van der Waals surface area contributed by atoms with Gasteiger partial charge in [0.2, 0.25) is 5.78 Å². The number of aliphatic hydroxyl groups excluding tert-OH is 1. The summed E-state index contributed by atoms with van der Waals surface area (Å²) in [4.78, 5) is 31.2. The van der Waals surface area contributed by atoms with Gasteiger partial charge in [-0.2, -0.15) is 0 Å². The van der Waals surface area contributed by atoms with Crippen LogP contribution in [-0.2, 0) is 4.79 Å². The maximum Gasteiger partial charge on any atom is 0.290 e. The van der Waals surface area contributed by atoms with Gasteiger partial charge in [-0.15, -0.1) is 22.7 Å². The van der Waals surface area contributed by atoms with E-state index in [9.17, 15) is 14.7 Å². The highest BCUT2D eigenvalue weighted by molar-refractivity contribution is 7.12. The first-order chi connectivity index (χ1) is 12.7. The van der Waals surface area contributed by atoms with Crippen LogP contribution in [-0.4, -0.2) is 52.8 Å². The normalized spacial score (nSPS) is 21.2. The van der Waals surface area contributed by atoms with Crippen LogP contribution in [0.3, 0.4) is 0 Å². The average Bonchev–Trinajstić information content (AvgIpc) is 3.43. The maximum atomic E-state index is 13.0. The van der Waals surface area contributed by atoms with Crippen LogP contribution in [0.5, 0.6) is 0 Å². The Bertz CT molecular complexity index is 821. The third-order valence-corrected chi connectivity index (χ3v) is 6.76. The van der Waals surface area contributed by atoms with Crippen molar-refractivity contribution < 1.29 is 14.7 Å². The summed E-state index contributed by atoms with van der Waals surface area (Å²) in [6.45, 7) is 3.37. The van der Waals surface area contributed by atoms with Crippen LogP contribution < -0.4 is 0 Å². The first-order valence-corrected chi connectivity index (χ1v) is 10.5. The Labute approximate surface area is 160 Å². The van der Waals surface area contributed by atoms with Gasteiger partial charge in [0.25, 0.3) is 5.91 Å². The van der Waals surface area contributed by atoms with Gasteiger partial charge in [0, 0.05) is 18.0 Å². The number of carbonyl (C=O) groups excluding carboxylic acids is 2. The molecule has 0 saturated carbocycles. The van der Waals surface area contributed by atoms with Gasteiger partial charge in [-0.25, -0.2) is 0 Å². The minimum absolute atomic E-state index is 0.210. The van der Waals surface area contributed by atoms with Gasteiger partial charge in [-0.05, 0) is 48.8 Å². The van der Waals surface area contributed by atoms with Crippen molar-refractivity contribution in [1.29, 1.82) is 0 Å². The topological polar surface area (TPSA) is 60.9 Å². The van der Waals surface area contributed by atoms with Gasteiger partial charge in [0.1, 0.15) is 0 Å². The average molecular weight is 389 g/mol. The van der Waals surface area contributed by atoms with Crippen molar-refractivity contribution in [2.24, 2.45) is 0 Å². The fourth-order valence-electron chi connectivity index (χ4n) is 3.65. The Morgan fingerprint density at radius 1 is 1.12 bits per heavy atom. The number of ketones is 1. The Morgan fingerprint density at radius 2 is 1.85 bits per heavy atom. The lowest BCUT2D eigenvalue weighted by atomic mass is 10.0. The fraction of sp³-hybridized carbons (Fsp3) is 0.368. The molecule has 26 heavy (non-hydrogen) atoms. The van der Waals surface area contributed by atoms with Crippen molar-refractivity contribution in [3.05, 3.63) is 56.1 Å². The standard InChI is InChI=1S/C19H20N2O3S2/c22-17(14-6-4-12-26-14)15-16(13-5-3-11-25-13)21(19(24)18(15)23)10-9-20-7-1-2-8-20/h3-6,11-12,16,23H,1-2,7-10H2. The molecular weight excluding hydrogens is 368 g/mol. The van der Waals surface area contributed by atoms with Gasteiger partial charge in [0.05, 0.1) is 16.5 Å². The molecule has 2 aliphatic rings. The Morgan fingerprint density at radius 3 is 2.50 bits per heavy atom. The van der Waals surface area contributed by atoms with E-state index in [-0.39, 0.29) is 11.4 Å². The van der Waals surface area contributed by atoms with E-state index in [0.29, 0.717) is 11.4 Å². The summed E-state index contributed by atoms with van der Waals surface area (Å²) in [5.41, 5.74) is 0.210. The molecule has 2 aromatic heterocycles. The number of carbonyl (C=O) groups is 2. The number of hydrogen-bond acceptors (Lipinski definition) is 6. The monoisotopic (exact) mass is 388 g/mol. The number of rotatable bonds is 6. The van der Waals surface area contributed by atoms with Crippen LogP contribution in [0.25, 0.3) is 0 Å². The van der Waals surface area contributed by atoms with Crippen LogP contribution in [0.4, 0.5) is 0 Å². The zero-order chi connectivity index (χ0) is 18.1. The number of Topliss-reactive ketones (excluding diaryl/α,β-unsaturated/α-hetero) is 1. The highest BCUT2D eigenvalue weighted by Crippen LogP contribution is 2.41. The molecule has 1 N–H and O–H groups in total. The summed E-state index contributed by atoms with van der Waals surface area (Å²) < 4.78 is 0. The van der Waals surface area contributed by atoms with Crippen LogP contribution >= 0.6 is 22.7 Å². The number of hydrogen-bond donors (Lipinski definition) is 1. The number of nitrogens with zero attached hydrogens (tertiary/aromatic N) is 2. The predicted octanol–water partition coefficient (Wildman–Crippen LogP) is 3.48. The second-order valence-corrected chi connectivity index (χ2v) is 8.46. The second-order valence-electron chi connectivity index (χ2n) is 6.53. The molecule has 1 atom stereocenters. The van der Waals surface area contributed by atoms with E-state index in [1.807, 2.05) is 22.9 Å². The van der Waals surface area contributed by atoms with Crippen molar-refractivity contribution in [3.8, 4) is 0 Å². The molecule has 2 aromatic rings. The molecule has 5 nitrogen and oxygen atoms in total. The summed E-state index contributed by atoms with van der Waals surface area (Å²) in [5, 5.41) is 14.3. The first-order valence-electron chi connectivity index (χ1n) is 8.75. The number of aliphatic hydroxyl groups is 1. The molecule has 1 saturated heterocycles. The van der Waals surface area contributed by atoms with Crippen LogP contribution in [0.2, 0.25) is 0 Å². The van der Waals surface area contributed by atoms with Crippen molar-refractivity contribution in [2.75, 3.05) is 26.2 Å². The molecule has 4 rings (SSSR count). The van der Waals surface area contributed by atoms with E-state index in [2.05, 4.69) is 4.90 Å². The van der Waals surface area contributed by atoms with Crippen molar-refractivity contribution in [2.45, 2.75) is 18.9 Å². The molecule has 0 aliphatic carbocycles. The minimum Gasteiger partial charge on any atom is -0.503 e. The summed E-state index contributed by atoms with van der Waals surface area (Å²) >= 11 is 2.83. The van der Waals surface area contributed by atoms with Gasteiger partial charge in [-0.3, -0.25) is 9.59 Å². The zero-order valence-electron chi connectivity index (χ0n) is 14.3. The molecule has 1 unspecified atom stereocenters.